The second kappa shape index (κ2) is 6.14. The molecule has 1 rings (SSSR count). The molecule has 0 aromatic carbocycles. The molecular weight excluding hydrogens is 154 g/mol. The van der Waals surface area contributed by atoms with Crippen LogP contribution in [0.3, 0.4) is 0 Å². The predicted octanol–water partition coefficient (Wildman–Crippen LogP) is -0.598. The minimum atomic E-state index is 0. The summed E-state index contributed by atoms with van der Waals surface area (Å²) >= 11 is 0. The standard InChI is InChI=1S/C4H7NO.Ca.ClH.2H/c6-4-2-1-3-5-4;;;;/h1-3H2,(H,5,6);;1H;;. The average Bonchev–Trinajstić information content (AvgIpc) is 1.86. The molecule has 1 heterocycles. The van der Waals surface area contributed by atoms with Crippen molar-refractivity contribution in [3.05, 3.63) is 0 Å². The second-order valence-electron chi connectivity index (χ2n) is 1.45. The van der Waals surface area contributed by atoms with Crippen LogP contribution in [-0.4, -0.2) is 50.2 Å². The Kier molecular flexibility index (Phi) is 9.04. The third-order valence-corrected chi connectivity index (χ3v) is 0.903. The van der Waals surface area contributed by atoms with Gasteiger partial charge >= 0.3 is 37.7 Å². The van der Waals surface area contributed by atoms with Crippen LogP contribution in [0.2, 0.25) is 0 Å². The Morgan fingerprint density at radius 3 is 2.25 bits per heavy atom. The first-order valence-electron chi connectivity index (χ1n) is 2.16. The number of carbonyl (C=O) groups is 1. The zero-order valence-electron chi connectivity index (χ0n) is 3.94. The molecule has 0 unspecified atom stereocenters. The first-order chi connectivity index (χ1) is 2.89. The summed E-state index contributed by atoms with van der Waals surface area (Å²) in [6, 6.07) is 0. The van der Waals surface area contributed by atoms with Crippen molar-refractivity contribution < 1.29 is 4.79 Å². The van der Waals surface area contributed by atoms with Gasteiger partial charge in [-0.1, -0.05) is 0 Å². The first kappa shape index (κ1) is 11.8. The van der Waals surface area contributed by atoms with Gasteiger partial charge in [-0.25, -0.2) is 0 Å². The maximum atomic E-state index is 10.1. The molecule has 4 heteroatoms. The molecule has 0 aromatic rings. The predicted molar refractivity (Wildman–Crippen MR) is 38.0 cm³/mol. The summed E-state index contributed by atoms with van der Waals surface area (Å²) < 4.78 is 0. The van der Waals surface area contributed by atoms with Crippen LogP contribution in [0.4, 0.5) is 0 Å². The van der Waals surface area contributed by atoms with Crippen molar-refractivity contribution in [2.75, 3.05) is 6.54 Å². The molecule has 0 aliphatic carbocycles. The fraction of sp³-hybridized carbons (Fsp3) is 0.750. The zero-order chi connectivity index (χ0) is 4.41. The number of halogens is 1. The molecule has 2 nitrogen and oxygen atoms in total. The Hall–Kier alpha value is 1.02. The summed E-state index contributed by atoms with van der Waals surface area (Å²) in [6.07, 6.45) is 1.76. The second-order valence-corrected chi connectivity index (χ2v) is 1.45. The Bertz CT molecular complexity index is 70.4. The fourth-order valence-electron chi connectivity index (χ4n) is 0.565. The van der Waals surface area contributed by atoms with E-state index in [4.69, 9.17) is 0 Å². The van der Waals surface area contributed by atoms with Crippen molar-refractivity contribution in [1.29, 1.82) is 0 Å². The van der Waals surface area contributed by atoms with Crippen LogP contribution in [0.5, 0.6) is 0 Å². The van der Waals surface area contributed by atoms with Crippen LogP contribution in [0.1, 0.15) is 12.8 Å². The van der Waals surface area contributed by atoms with Crippen molar-refractivity contribution in [3.63, 3.8) is 0 Å². The van der Waals surface area contributed by atoms with E-state index in [2.05, 4.69) is 5.32 Å². The van der Waals surface area contributed by atoms with Gasteiger partial charge in [0.15, 0.2) is 0 Å². The van der Waals surface area contributed by atoms with Gasteiger partial charge in [0.1, 0.15) is 0 Å². The van der Waals surface area contributed by atoms with Gasteiger partial charge in [-0.2, -0.15) is 0 Å². The molecule has 46 valence electrons. The molecule has 1 amide bonds. The molecule has 0 saturated carbocycles. The SMILES string of the molecule is Cl.O=C1CCCN1.[CaH2]. The fourth-order valence-corrected chi connectivity index (χ4v) is 0.565. The molecule has 0 radical (unpaired) electrons. The quantitative estimate of drug-likeness (QED) is 0.475. The van der Waals surface area contributed by atoms with Crippen molar-refractivity contribution in [2.24, 2.45) is 0 Å². The third-order valence-electron chi connectivity index (χ3n) is 0.903. The number of hydrogen-bond donors (Lipinski definition) is 1. The normalized spacial score (nSPS) is 15.8. The van der Waals surface area contributed by atoms with Gasteiger partial charge in [0.25, 0.3) is 0 Å². The van der Waals surface area contributed by atoms with Gasteiger partial charge in [0, 0.05) is 13.0 Å². The number of rotatable bonds is 0. The van der Waals surface area contributed by atoms with Crippen LogP contribution in [0.15, 0.2) is 0 Å². The summed E-state index contributed by atoms with van der Waals surface area (Å²) in [7, 11) is 0. The molecule has 1 saturated heterocycles. The monoisotopic (exact) mass is 163 g/mol. The number of amides is 1. The van der Waals surface area contributed by atoms with Gasteiger partial charge in [-0.15, -0.1) is 12.4 Å². The van der Waals surface area contributed by atoms with Crippen molar-refractivity contribution in [2.45, 2.75) is 12.8 Å². The van der Waals surface area contributed by atoms with Gasteiger partial charge in [0.2, 0.25) is 5.91 Å². The molecule has 0 atom stereocenters. The topological polar surface area (TPSA) is 29.1 Å². The summed E-state index contributed by atoms with van der Waals surface area (Å²) in [4.78, 5) is 10.1. The van der Waals surface area contributed by atoms with E-state index in [-0.39, 0.29) is 56.1 Å². The van der Waals surface area contributed by atoms with Gasteiger partial charge in [0.05, 0.1) is 0 Å². The van der Waals surface area contributed by atoms with Gasteiger partial charge in [-0.05, 0) is 6.42 Å². The zero-order valence-corrected chi connectivity index (χ0v) is 4.75. The van der Waals surface area contributed by atoms with Crippen molar-refractivity contribution in [1.82, 2.24) is 5.32 Å². The van der Waals surface area contributed by atoms with E-state index in [0.29, 0.717) is 0 Å². The summed E-state index contributed by atoms with van der Waals surface area (Å²) in [5.74, 6) is 0.204. The van der Waals surface area contributed by atoms with Crippen LogP contribution >= 0.6 is 12.4 Å². The number of nitrogens with one attached hydrogen (secondary N) is 1. The van der Waals surface area contributed by atoms with Crippen molar-refractivity contribution >= 4 is 56.1 Å². The summed E-state index contributed by atoms with van der Waals surface area (Å²) in [6.45, 7) is 0.888. The molecule has 8 heavy (non-hydrogen) atoms. The molecule has 1 fully saturated rings. The van der Waals surface area contributed by atoms with E-state index >= 15 is 0 Å². The molecule has 0 spiro atoms. The number of carbonyl (C=O) groups excluding carboxylic acids is 1. The Morgan fingerprint density at radius 1 is 1.50 bits per heavy atom. The maximum absolute atomic E-state index is 10.1. The van der Waals surface area contributed by atoms with E-state index in [9.17, 15) is 4.79 Å². The van der Waals surface area contributed by atoms with Crippen LogP contribution in [0, 0.1) is 0 Å². The van der Waals surface area contributed by atoms with Gasteiger partial charge in [-0.3, -0.25) is 4.79 Å². The summed E-state index contributed by atoms with van der Waals surface area (Å²) in [5, 5.41) is 2.68. The van der Waals surface area contributed by atoms with E-state index in [1.54, 1.807) is 0 Å². The minimum absolute atomic E-state index is 0. The Labute approximate surface area is 84.8 Å². The molecule has 1 aliphatic heterocycles. The molecule has 1 aliphatic rings. The molecule has 0 bridgehead atoms. The van der Waals surface area contributed by atoms with E-state index in [0.717, 1.165) is 19.4 Å². The van der Waals surface area contributed by atoms with Crippen LogP contribution < -0.4 is 5.32 Å². The number of hydrogen-bond acceptors (Lipinski definition) is 1. The van der Waals surface area contributed by atoms with E-state index < -0.39 is 0 Å². The van der Waals surface area contributed by atoms with E-state index in [1.807, 2.05) is 0 Å². The van der Waals surface area contributed by atoms with Crippen LogP contribution in [-0.2, 0) is 4.79 Å². The Morgan fingerprint density at radius 2 is 2.12 bits per heavy atom. The average molecular weight is 164 g/mol. The van der Waals surface area contributed by atoms with E-state index in [1.165, 1.54) is 0 Å². The molecule has 0 aromatic heterocycles. The van der Waals surface area contributed by atoms with Gasteiger partial charge < -0.3 is 5.32 Å². The van der Waals surface area contributed by atoms with Crippen LogP contribution in [0.25, 0.3) is 0 Å². The van der Waals surface area contributed by atoms with Crippen molar-refractivity contribution in [3.8, 4) is 0 Å². The third kappa shape index (κ3) is 3.96. The summed E-state index contributed by atoms with van der Waals surface area (Å²) in [5.41, 5.74) is 0. The Balaban J connectivity index is 0. The molecular formula is C4H10CaClNO. The molecule has 1 N–H and O–H groups in total. The first-order valence-corrected chi connectivity index (χ1v) is 2.16.